The van der Waals surface area contributed by atoms with Crippen molar-refractivity contribution in [3.8, 4) is 6.07 Å². The van der Waals surface area contributed by atoms with Crippen LogP contribution in [0.3, 0.4) is 0 Å². The molecule has 0 N–H and O–H groups in total. The Kier molecular flexibility index (Phi) is 4.33. The number of hydrogen-bond acceptors (Lipinski definition) is 4. The highest BCUT2D eigenvalue weighted by molar-refractivity contribution is 5.86. The predicted octanol–water partition coefficient (Wildman–Crippen LogP) is 1.19. The van der Waals surface area contributed by atoms with Crippen molar-refractivity contribution in [2.75, 3.05) is 20.7 Å². The predicted molar refractivity (Wildman–Crippen MR) is 65.3 cm³/mol. The van der Waals surface area contributed by atoms with Crippen molar-refractivity contribution in [1.82, 2.24) is 4.90 Å². The first-order chi connectivity index (χ1) is 8.36. The van der Waals surface area contributed by atoms with Crippen molar-refractivity contribution in [2.24, 2.45) is 17.3 Å². The Labute approximate surface area is 108 Å². The molecule has 1 aliphatic carbocycles. The first-order valence-electron chi connectivity index (χ1n) is 6.11. The van der Waals surface area contributed by atoms with E-state index < -0.39 is 5.41 Å². The zero-order valence-corrected chi connectivity index (χ0v) is 11.4. The second-order valence-electron chi connectivity index (χ2n) is 5.32. The van der Waals surface area contributed by atoms with Crippen molar-refractivity contribution in [1.29, 1.82) is 5.26 Å². The summed E-state index contributed by atoms with van der Waals surface area (Å²) in [6.45, 7) is 4.02. The normalized spacial score (nSPS) is 27.6. The molecule has 1 atom stereocenters. The lowest BCUT2D eigenvalue weighted by Gasteiger charge is -2.41. The van der Waals surface area contributed by atoms with E-state index >= 15 is 0 Å². The minimum Gasteiger partial charge on any atom is -0.469 e. The monoisotopic (exact) mass is 252 g/mol. The van der Waals surface area contributed by atoms with E-state index in [-0.39, 0.29) is 24.3 Å². The lowest BCUT2D eigenvalue weighted by molar-refractivity contribution is -0.149. The minimum absolute atomic E-state index is 0.182. The molecule has 100 valence electrons. The molecule has 0 radical (unpaired) electrons. The third-order valence-corrected chi connectivity index (χ3v) is 3.52. The van der Waals surface area contributed by atoms with Crippen LogP contribution in [0.2, 0.25) is 0 Å². The van der Waals surface area contributed by atoms with Gasteiger partial charge in [-0.1, -0.05) is 13.8 Å². The maximum atomic E-state index is 12.2. The van der Waals surface area contributed by atoms with Crippen molar-refractivity contribution >= 4 is 11.9 Å². The number of methoxy groups -OCH3 is 1. The third-order valence-electron chi connectivity index (χ3n) is 3.52. The molecule has 0 bridgehead atoms. The maximum absolute atomic E-state index is 12.2. The molecule has 0 saturated heterocycles. The Morgan fingerprint density at radius 2 is 2.11 bits per heavy atom. The lowest BCUT2D eigenvalue weighted by Crippen LogP contribution is -2.50. The molecule has 5 nitrogen and oxygen atoms in total. The van der Waals surface area contributed by atoms with Crippen LogP contribution >= 0.6 is 0 Å². The lowest BCUT2D eigenvalue weighted by atomic mass is 9.63. The minimum atomic E-state index is -0.871. The van der Waals surface area contributed by atoms with Crippen LogP contribution in [-0.2, 0) is 14.3 Å². The molecule has 0 aliphatic heterocycles. The van der Waals surface area contributed by atoms with Crippen LogP contribution in [0.4, 0.5) is 0 Å². The number of esters is 1. The number of carbonyl (C=O) groups excluding carboxylic acids is 2. The third kappa shape index (κ3) is 2.63. The number of nitrogens with zero attached hydrogens (tertiary/aromatic N) is 2. The molecule has 0 aromatic rings. The molecule has 5 heteroatoms. The van der Waals surface area contributed by atoms with Gasteiger partial charge >= 0.3 is 5.97 Å². The summed E-state index contributed by atoms with van der Waals surface area (Å²) in [6, 6.07) is 2.14. The molecule has 0 heterocycles. The number of carbonyl (C=O) groups is 2. The fourth-order valence-corrected chi connectivity index (χ4v) is 2.58. The van der Waals surface area contributed by atoms with Gasteiger partial charge < -0.3 is 9.64 Å². The summed E-state index contributed by atoms with van der Waals surface area (Å²) in [5.41, 5.74) is -0.871. The van der Waals surface area contributed by atoms with Crippen LogP contribution in [0, 0.1) is 28.6 Å². The van der Waals surface area contributed by atoms with Crippen molar-refractivity contribution in [2.45, 2.75) is 26.7 Å². The molecule has 1 saturated carbocycles. The van der Waals surface area contributed by atoms with Crippen molar-refractivity contribution in [3.63, 3.8) is 0 Å². The van der Waals surface area contributed by atoms with E-state index in [1.165, 1.54) is 12.0 Å². The summed E-state index contributed by atoms with van der Waals surface area (Å²) in [5.74, 6) is -0.487. The van der Waals surface area contributed by atoms with Gasteiger partial charge in [-0.05, 0) is 18.8 Å². The van der Waals surface area contributed by atoms with E-state index in [2.05, 4.69) is 10.8 Å². The van der Waals surface area contributed by atoms with Crippen molar-refractivity contribution < 1.29 is 14.3 Å². The van der Waals surface area contributed by atoms with Crippen LogP contribution < -0.4 is 0 Å². The number of hydrogen-bond donors (Lipinski definition) is 0. The van der Waals surface area contributed by atoms with Gasteiger partial charge in [-0.25, -0.2) is 0 Å². The summed E-state index contributed by atoms with van der Waals surface area (Å²) in [5, 5.41) is 9.17. The topological polar surface area (TPSA) is 70.4 Å². The van der Waals surface area contributed by atoms with Gasteiger partial charge in [0, 0.05) is 13.6 Å². The number of rotatable bonds is 4. The fourth-order valence-electron chi connectivity index (χ4n) is 2.58. The number of ether oxygens (including phenoxy) is 1. The highest BCUT2D eigenvalue weighted by Crippen LogP contribution is 2.46. The SMILES string of the molecule is COC(=O)C(C)CN(C)C(=O)C1(C#N)CC(C)C1. The molecule has 1 rings (SSSR count). The summed E-state index contributed by atoms with van der Waals surface area (Å²) >= 11 is 0. The molecule has 1 aliphatic rings. The van der Waals surface area contributed by atoms with Gasteiger partial charge in [-0.2, -0.15) is 5.26 Å². The Bertz CT molecular complexity index is 380. The Morgan fingerprint density at radius 3 is 2.50 bits per heavy atom. The average molecular weight is 252 g/mol. The molecule has 0 spiro atoms. The van der Waals surface area contributed by atoms with Gasteiger partial charge in [0.2, 0.25) is 5.91 Å². The first-order valence-corrected chi connectivity index (χ1v) is 6.11. The zero-order chi connectivity index (χ0) is 13.9. The fraction of sp³-hybridized carbons (Fsp3) is 0.769. The van der Waals surface area contributed by atoms with E-state index in [1.54, 1.807) is 14.0 Å². The molecule has 18 heavy (non-hydrogen) atoms. The van der Waals surface area contributed by atoms with Crippen LogP contribution in [0.1, 0.15) is 26.7 Å². The highest BCUT2D eigenvalue weighted by atomic mass is 16.5. The summed E-state index contributed by atoms with van der Waals surface area (Å²) in [4.78, 5) is 25.0. The summed E-state index contributed by atoms with van der Waals surface area (Å²) in [6.07, 6.45) is 1.22. The first kappa shape index (κ1) is 14.5. The van der Waals surface area contributed by atoms with E-state index in [1.807, 2.05) is 6.92 Å². The smallest absolute Gasteiger partial charge is 0.310 e. The van der Waals surface area contributed by atoms with Crippen LogP contribution in [0.15, 0.2) is 0 Å². The van der Waals surface area contributed by atoms with E-state index in [0.717, 1.165) is 0 Å². The van der Waals surface area contributed by atoms with Crippen molar-refractivity contribution in [3.05, 3.63) is 0 Å². The standard InChI is InChI=1S/C13H20N2O3/c1-9-5-13(6-9,8-14)12(17)15(3)7-10(2)11(16)18-4/h9-10H,5-7H2,1-4H3. The zero-order valence-electron chi connectivity index (χ0n) is 11.4. The molecular weight excluding hydrogens is 232 g/mol. The summed E-state index contributed by atoms with van der Waals surface area (Å²) < 4.78 is 4.62. The van der Waals surface area contributed by atoms with E-state index in [0.29, 0.717) is 18.8 Å². The molecule has 0 aromatic heterocycles. The average Bonchev–Trinajstić information content (AvgIpc) is 2.32. The Hall–Kier alpha value is -1.57. The molecular formula is C13H20N2O3. The maximum Gasteiger partial charge on any atom is 0.310 e. The van der Waals surface area contributed by atoms with Gasteiger partial charge in [0.25, 0.3) is 0 Å². The summed E-state index contributed by atoms with van der Waals surface area (Å²) in [7, 11) is 2.95. The second kappa shape index (κ2) is 5.38. The Balaban J connectivity index is 2.62. The van der Waals surface area contributed by atoms with Gasteiger partial charge in [0.15, 0.2) is 0 Å². The van der Waals surface area contributed by atoms with E-state index in [4.69, 9.17) is 0 Å². The highest BCUT2D eigenvalue weighted by Gasteiger charge is 2.50. The van der Waals surface area contributed by atoms with Crippen LogP contribution in [0.25, 0.3) is 0 Å². The van der Waals surface area contributed by atoms with Crippen LogP contribution in [0.5, 0.6) is 0 Å². The molecule has 1 unspecified atom stereocenters. The molecule has 0 aromatic carbocycles. The second-order valence-corrected chi connectivity index (χ2v) is 5.32. The molecule has 1 amide bonds. The van der Waals surface area contributed by atoms with Gasteiger partial charge in [-0.3, -0.25) is 9.59 Å². The van der Waals surface area contributed by atoms with Gasteiger partial charge in [0.05, 0.1) is 19.1 Å². The number of nitriles is 1. The quantitative estimate of drug-likeness (QED) is 0.705. The van der Waals surface area contributed by atoms with Crippen LogP contribution in [-0.4, -0.2) is 37.5 Å². The number of amides is 1. The molecule has 1 fully saturated rings. The van der Waals surface area contributed by atoms with Gasteiger partial charge in [-0.15, -0.1) is 0 Å². The van der Waals surface area contributed by atoms with E-state index in [9.17, 15) is 14.9 Å². The van der Waals surface area contributed by atoms with Gasteiger partial charge in [0.1, 0.15) is 5.41 Å². The largest absolute Gasteiger partial charge is 0.469 e. The Morgan fingerprint density at radius 1 is 1.56 bits per heavy atom.